The Hall–Kier alpha value is -7.81. The molecule has 0 radical (unpaired) electrons. The van der Waals surface area contributed by atoms with Gasteiger partial charge in [-0.05, 0) is 101 Å². The summed E-state index contributed by atoms with van der Waals surface area (Å²) in [5, 5.41) is 29.2. The van der Waals surface area contributed by atoms with Crippen molar-refractivity contribution in [2.45, 2.75) is 125 Å². The van der Waals surface area contributed by atoms with Crippen LogP contribution in [0.4, 0.5) is 68.2 Å². The molecule has 0 aromatic heterocycles. The molecule has 9 rings (SSSR count). The van der Waals surface area contributed by atoms with E-state index in [0.29, 0.717) is 0 Å². The second-order valence-corrected chi connectivity index (χ2v) is 29.3. The monoisotopic (exact) mass is 1550 g/mol. The maximum atomic E-state index is 4.97. The molecule has 12 nitrogen and oxygen atoms in total. The summed E-state index contributed by atoms with van der Waals surface area (Å²) < 4.78 is 0. The van der Waals surface area contributed by atoms with Crippen LogP contribution < -0.4 is 0 Å². The molecule has 0 unspecified atom stereocenters. The molecule has 498 valence electrons. The number of aliphatic imine (C=N–C) groups is 6. The molecule has 0 heterocycles. The van der Waals surface area contributed by atoms with E-state index in [-0.39, 0.29) is 104 Å². The van der Waals surface area contributed by atoms with Crippen molar-refractivity contribution < 1.29 is 71.2 Å². The first-order chi connectivity index (χ1) is 45.4. The summed E-state index contributed by atoms with van der Waals surface area (Å²) in [5.74, 6) is 4.52. The van der Waals surface area contributed by atoms with Gasteiger partial charge in [0.1, 0.15) is 0 Å². The summed E-state index contributed by atoms with van der Waals surface area (Å²) in [6.07, 6.45) is 0. The predicted molar refractivity (Wildman–Crippen MR) is 415 cm³/mol. The van der Waals surface area contributed by atoms with Gasteiger partial charge >= 0.3 is 71.2 Å². The van der Waals surface area contributed by atoms with E-state index in [4.69, 9.17) is 61.9 Å². The van der Waals surface area contributed by atoms with E-state index < -0.39 is 0 Å². The molecule has 0 saturated carbocycles. The number of nitrogens with zero attached hydrogens (tertiary/aromatic N) is 12. The smallest absolute Gasteiger partial charge is 0.439 e. The Morgan fingerprint density at radius 2 is 0.367 bits per heavy atom. The van der Waals surface area contributed by atoms with Crippen molar-refractivity contribution in [1.82, 2.24) is 0 Å². The Kier molecular flexibility index (Phi) is 30.9. The van der Waals surface area contributed by atoms with E-state index in [1.54, 1.807) is 0 Å². The molecule has 0 spiro atoms. The molecule has 9 aromatic rings. The van der Waals surface area contributed by atoms with Crippen molar-refractivity contribution in [3.8, 4) is 0 Å². The maximum Gasteiger partial charge on any atom is 3.00 e. The largest absolute Gasteiger partial charge is 3.00 e. The zero-order valence-electron chi connectivity index (χ0n) is 60.8. The molecule has 14 heteroatoms. The Labute approximate surface area is 642 Å². The molecular formula is C84H96La2N12. The average molecular weight is 1550 g/mol. The van der Waals surface area contributed by atoms with Gasteiger partial charge in [0, 0.05) is 0 Å². The third-order valence-corrected chi connectivity index (χ3v) is 14.0. The maximum absolute atomic E-state index is 4.97. The predicted octanol–water partition coefficient (Wildman–Crippen LogP) is 27.7. The second-order valence-electron chi connectivity index (χ2n) is 29.3. The van der Waals surface area contributed by atoms with Crippen LogP contribution in [0.25, 0.3) is 31.9 Å². The fraction of sp³-hybridized carbons (Fsp3) is 0.286. The van der Waals surface area contributed by atoms with Crippen LogP contribution in [0.1, 0.15) is 125 Å². The van der Waals surface area contributed by atoms with E-state index in [0.717, 1.165) is 103 Å². The molecule has 0 saturated heterocycles. The number of rotatable bonds is 12. The average Bonchev–Trinajstić information content (AvgIpc) is 0.852. The van der Waals surface area contributed by atoms with Crippen molar-refractivity contribution in [3.63, 3.8) is 0 Å². The van der Waals surface area contributed by atoms with E-state index in [2.05, 4.69) is 125 Å². The number of hydrogen-bond donors (Lipinski definition) is 0. The first-order valence-electron chi connectivity index (χ1n) is 32.8. The Bertz CT molecular complexity index is 3720. The molecule has 98 heavy (non-hydrogen) atoms. The van der Waals surface area contributed by atoms with E-state index >= 15 is 0 Å². The standard InChI is InChI=1S/3C28H32N4.2La/c3*1-27(2,3)25(29-21-15-9-7-10-16-21)31-23-19-13-14-20-24(23)32-26(28(4,5)6)30-22-17-11-8-12-18-22;;/h3*7-20H,1-6H3;;/q3*-2;2*+3. The summed E-state index contributed by atoms with van der Waals surface area (Å²) in [6, 6.07) is 83.3. The molecule has 0 aliphatic rings. The molecule has 9 aromatic carbocycles. The molecule has 0 fully saturated rings. The Morgan fingerprint density at radius 3 is 0.592 bits per heavy atom. The normalized spacial score (nSPS) is 12.8. The van der Waals surface area contributed by atoms with Crippen molar-refractivity contribution >= 4 is 103 Å². The molecule has 0 aliphatic carbocycles. The minimum atomic E-state index is -0.228. The van der Waals surface area contributed by atoms with Gasteiger partial charge in [0.15, 0.2) is 0 Å². The topological polar surface area (TPSA) is 159 Å². The van der Waals surface area contributed by atoms with Crippen LogP contribution in [-0.4, -0.2) is 35.0 Å². The number of para-hydroxylation sites is 12. The molecule has 0 aliphatic heterocycles. The molecule has 0 amide bonds. The zero-order chi connectivity index (χ0) is 69.6. The quantitative estimate of drug-likeness (QED) is 0.0843. The van der Waals surface area contributed by atoms with Crippen molar-refractivity contribution in [3.05, 3.63) is 287 Å². The van der Waals surface area contributed by atoms with Gasteiger partial charge in [-0.2, -0.15) is 0 Å². The Morgan fingerprint density at radius 1 is 0.194 bits per heavy atom. The van der Waals surface area contributed by atoms with E-state index in [1.165, 1.54) is 0 Å². The molecule has 0 N–H and O–H groups in total. The number of hydrogen-bond acceptors (Lipinski definition) is 6. The third kappa shape index (κ3) is 27.1. The second kappa shape index (κ2) is 37.4. The van der Waals surface area contributed by atoms with Crippen LogP contribution in [0.5, 0.6) is 0 Å². The van der Waals surface area contributed by atoms with Crippen LogP contribution in [0.2, 0.25) is 0 Å². The first kappa shape index (κ1) is 80.9. The van der Waals surface area contributed by atoms with Crippen LogP contribution >= 0.6 is 0 Å². The van der Waals surface area contributed by atoms with Gasteiger partial charge < -0.3 is 61.9 Å². The molecular weight excluding hydrogens is 1450 g/mol. The van der Waals surface area contributed by atoms with E-state index in [9.17, 15) is 0 Å². The third-order valence-electron chi connectivity index (χ3n) is 14.0. The van der Waals surface area contributed by atoms with Gasteiger partial charge in [-0.15, -0.1) is 0 Å². The SMILES string of the molecule is CC(C)(C)C(=Nc1ccccc1N=C([N-]c1ccccc1)C(C)(C)C)[N-]c1ccccc1.CC(C)(C)C(=Nc1ccccc1N=C([N-]c1ccccc1)C(C)(C)C)[N-]c1ccccc1.CC(C)(C)C(=Nc1ccccc1[N-]C(=Nc1ccccc1)C(C)(C)C)[N-]c1ccccc1.[La+3].[La+3]. The fourth-order valence-corrected chi connectivity index (χ4v) is 8.56. The summed E-state index contributed by atoms with van der Waals surface area (Å²) in [4.78, 5) is 29.7. The van der Waals surface area contributed by atoms with Crippen molar-refractivity contribution in [2.24, 2.45) is 62.4 Å². The van der Waals surface area contributed by atoms with Crippen LogP contribution in [-0.2, 0) is 0 Å². The van der Waals surface area contributed by atoms with Crippen LogP contribution in [0.3, 0.4) is 0 Å². The van der Waals surface area contributed by atoms with Crippen molar-refractivity contribution in [1.29, 1.82) is 0 Å². The zero-order valence-corrected chi connectivity index (χ0v) is 68.0. The molecule has 0 bridgehead atoms. The number of benzene rings is 9. The summed E-state index contributed by atoms with van der Waals surface area (Å²) in [6.45, 7) is 38.2. The van der Waals surface area contributed by atoms with Gasteiger partial charge in [-0.25, -0.2) is 0 Å². The van der Waals surface area contributed by atoms with Gasteiger partial charge in [-0.3, -0.25) is 0 Å². The van der Waals surface area contributed by atoms with Gasteiger partial charge in [0.05, 0.1) is 0 Å². The summed E-state index contributed by atoms with van der Waals surface area (Å²) >= 11 is 0. The van der Waals surface area contributed by atoms with Gasteiger partial charge in [0.25, 0.3) is 0 Å². The minimum Gasteiger partial charge on any atom is -0.439 e. The van der Waals surface area contributed by atoms with Gasteiger partial charge in [-0.1, -0.05) is 414 Å². The molecule has 0 atom stereocenters. The fourth-order valence-electron chi connectivity index (χ4n) is 8.56. The van der Waals surface area contributed by atoms with Gasteiger partial charge in [0.2, 0.25) is 0 Å². The summed E-state index contributed by atoms with van der Waals surface area (Å²) in [5.41, 5.74) is 8.62. The van der Waals surface area contributed by atoms with Crippen LogP contribution in [0.15, 0.2) is 285 Å². The van der Waals surface area contributed by atoms with Crippen molar-refractivity contribution in [2.75, 3.05) is 0 Å². The summed E-state index contributed by atoms with van der Waals surface area (Å²) in [7, 11) is 0. The first-order valence-corrected chi connectivity index (χ1v) is 32.8. The Balaban J connectivity index is 0.000000263. The number of amidine groups is 6. The van der Waals surface area contributed by atoms with E-state index in [1.807, 2.05) is 255 Å². The van der Waals surface area contributed by atoms with Crippen LogP contribution in [0, 0.1) is 104 Å². The minimum absolute atomic E-state index is 0.